The normalized spacial score (nSPS) is 9.38. The molecule has 0 radical (unpaired) electrons. The van der Waals surface area contributed by atoms with Crippen LogP contribution in [-0.4, -0.2) is 7.05 Å². The number of hydrogen-bond acceptors (Lipinski definition) is 1. The summed E-state index contributed by atoms with van der Waals surface area (Å²) in [6, 6.07) is 8.83. The van der Waals surface area contributed by atoms with Crippen LogP contribution in [0.1, 0.15) is 24.5 Å². The minimum Gasteiger partial charge on any atom is -0.316 e. The van der Waals surface area contributed by atoms with Gasteiger partial charge in [0, 0.05) is 6.54 Å². The van der Waals surface area contributed by atoms with E-state index in [9.17, 15) is 0 Å². The molecule has 0 atom stereocenters. The van der Waals surface area contributed by atoms with E-state index in [-0.39, 0.29) is 12.4 Å². The lowest BCUT2D eigenvalue weighted by Crippen LogP contribution is -2.04. The number of aryl methyl sites for hydroxylation is 1. The molecule has 0 unspecified atom stereocenters. The van der Waals surface area contributed by atoms with Crippen molar-refractivity contribution in [2.45, 2.75) is 26.3 Å². The third-order valence-corrected chi connectivity index (χ3v) is 1.94. The Morgan fingerprint density at radius 2 is 1.62 bits per heavy atom. The van der Waals surface area contributed by atoms with E-state index in [0.29, 0.717) is 0 Å². The predicted molar refractivity (Wildman–Crippen MR) is 60.4 cm³/mol. The first-order chi connectivity index (χ1) is 5.86. The van der Waals surface area contributed by atoms with E-state index in [1.54, 1.807) is 0 Å². The van der Waals surface area contributed by atoms with E-state index in [1.807, 2.05) is 7.05 Å². The van der Waals surface area contributed by atoms with Crippen LogP contribution in [0.4, 0.5) is 0 Å². The molecule has 0 saturated heterocycles. The molecule has 0 bridgehead atoms. The maximum absolute atomic E-state index is 3.14. The van der Waals surface area contributed by atoms with E-state index >= 15 is 0 Å². The van der Waals surface area contributed by atoms with Crippen molar-refractivity contribution in [2.24, 2.45) is 0 Å². The lowest BCUT2D eigenvalue weighted by atomic mass is 10.1. The van der Waals surface area contributed by atoms with Crippen LogP contribution in [0.2, 0.25) is 0 Å². The topological polar surface area (TPSA) is 12.0 Å². The third kappa shape index (κ3) is 4.30. The molecule has 74 valence electrons. The van der Waals surface area contributed by atoms with Crippen LogP contribution in [0.15, 0.2) is 24.3 Å². The van der Waals surface area contributed by atoms with Gasteiger partial charge >= 0.3 is 0 Å². The highest BCUT2D eigenvalue weighted by molar-refractivity contribution is 5.85. The molecule has 0 aliphatic heterocycles. The summed E-state index contributed by atoms with van der Waals surface area (Å²) in [7, 11) is 1.97. The van der Waals surface area contributed by atoms with Gasteiger partial charge in [-0.05, 0) is 24.6 Å². The van der Waals surface area contributed by atoms with Crippen molar-refractivity contribution in [3.63, 3.8) is 0 Å². The molecule has 1 aromatic rings. The summed E-state index contributed by atoms with van der Waals surface area (Å²) in [6.07, 6.45) is 2.42. The summed E-state index contributed by atoms with van der Waals surface area (Å²) in [6.45, 7) is 3.17. The van der Waals surface area contributed by atoms with Gasteiger partial charge in [-0.25, -0.2) is 0 Å². The molecule has 0 aromatic heterocycles. The second kappa shape index (κ2) is 6.93. The van der Waals surface area contributed by atoms with Crippen LogP contribution < -0.4 is 5.32 Å². The van der Waals surface area contributed by atoms with Crippen molar-refractivity contribution in [3.05, 3.63) is 35.4 Å². The largest absolute Gasteiger partial charge is 0.316 e. The summed E-state index contributed by atoms with van der Waals surface area (Å²) in [5.74, 6) is 0. The molecule has 0 saturated carbocycles. The van der Waals surface area contributed by atoms with Crippen LogP contribution >= 0.6 is 12.4 Å². The molecule has 1 nitrogen and oxygen atoms in total. The van der Waals surface area contributed by atoms with Crippen LogP contribution in [-0.2, 0) is 13.0 Å². The number of benzene rings is 1. The highest BCUT2D eigenvalue weighted by atomic mass is 35.5. The Kier molecular flexibility index (Phi) is 6.65. The van der Waals surface area contributed by atoms with Crippen molar-refractivity contribution in [3.8, 4) is 0 Å². The number of halogens is 1. The van der Waals surface area contributed by atoms with Gasteiger partial charge in [-0.2, -0.15) is 0 Å². The van der Waals surface area contributed by atoms with E-state index in [1.165, 1.54) is 24.0 Å². The molecule has 0 amide bonds. The van der Waals surface area contributed by atoms with Crippen molar-refractivity contribution >= 4 is 12.4 Å². The van der Waals surface area contributed by atoms with Gasteiger partial charge in [0.25, 0.3) is 0 Å². The van der Waals surface area contributed by atoms with Gasteiger partial charge in [-0.15, -0.1) is 12.4 Å². The Hall–Kier alpha value is -0.530. The zero-order chi connectivity index (χ0) is 8.81. The lowest BCUT2D eigenvalue weighted by Gasteiger charge is -2.01. The van der Waals surface area contributed by atoms with Gasteiger partial charge in [-0.1, -0.05) is 37.6 Å². The Bertz CT molecular complexity index is 193. The Morgan fingerprint density at radius 1 is 1.08 bits per heavy atom. The standard InChI is InChI=1S/C11H17N.ClH/c1-3-4-10-5-7-11(8-6-10)9-12-2;/h5-8,12H,3-4,9H2,1-2H3;1H. The highest BCUT2D eigenvalue weighted by Gasteiger charge is 1.91. The fraction of sp³-hybridized carbons (Fsp3) is 0.455. The van der Waals surface area contributed by atoms with Gasteiger partial charge < -0.3 is 5.32 Å². The maximum Gasteiger partial charge on any atom is 0.0202 e. The average Bonchev–Trinajstić information content (AvgIpc) is 2.09. The Balaban J connectivity index is 0.00000144. The summed E-state index contributed by atoms with van der Waals surface area (Å²) in [5.41, 5.74) is 2.80. The van der Waals surface area contributed by atoms with E-state index < -0.39 is 0 Å². The van der Waals surface area contributed by atoms with Gasteiger partial charge in [0.1, 0.15) is 0 Å². The smallest absolute Gasteiger partial charge is 0.0202 e. The molecule has 1 rings (SSSR count). The predicted octanol–water partition coefficient (Wildman–Crippen LogP) is 2.78. The van der Waals surface area contributed by atoms with Crippen LogP contribution in [0.25, 0.3) is 0 Å². The van der Waals surface area contributed by atoms with Gasteiger partial charge in [0.05, 0.1) is 0 Å². The fourth-order valence-corrected chi connectivity index (χ4v) is 1.32. The highest BCUT2D eigenvalue weighted by Crippen LogP contribution is 2.05. The first-order valence-electron chi connectivity index (χ1n) is 4.59. The van der Waals surface area contributed by atoms with Crippen molar-refractivity contribution in [1.82, 2.24) is 5.32 Å². The molecule has 2 heteroatoms. The average molecular weight is 200 g/mol. The summed E-state index contributed by atoms with van der Waals surface area (Å²) >= 11 is 0. The molecular formula is C11H18ClN. The molecule has 0 aliphatic rings. The van der Waals surface area contributed by atoms with Crippen LogP contribution in [0.3, 0.4) is 0 Å². The molecule has 0 aliphatic carbocycles. The monoisotopic (exact) mass is 199 g/mol. The van der Waals surface area contributed by atoms with Crippen LogP contribution in [0.5, 0.6) is 0 Å². The Labute approximate surface area is 87.0 Å². The second-order valence-corrected chi connectivity index (χ2v) is 3.10. The van der Waals surface area contributed by atoms with Gasteiger partial charge in [-0.3, -0.25) is 0 Å². The first-order valence-corrected chi connectivity index (χ1v) is 4.59. The fourth-order valence-electron chi connectivity index (χ4n) is 1.32. The zero-order valence-corrected chi connectivity index (χ0v) is 9.16. The number of rotatable bonds is 4. The summed E-state index contributed by atoms with van der Waals surface area (Å²) in [4.78, 5) is 0. The third-order valence-electron chi connectivity index (χ3n) is 1.94. The molecule has 0 fully saturated rings. The quantitative estimate of drug-likeness (QED) is 0.787. The molecule has 13 heavy (non-hydrogen) atoms. The van der Waals surface area contributed by atoms with E-state index in [2.05, 4.69) is 36.5 Å². The first kappa shape index (κ1) is 12.5. The van der Waals surface area contributed by atoms with Crippen molar-refractivity contribution < 1.29 is 0 Å². The summed E-state index contributed by atoms with van der Waals surface area (Å²) < 4.78 is 0. The zero-order valence-electron chi connectivity index (χ0n) is 8.34. The van der Waals surface area contributed by atoms with Gasteiger partial charge in [0.15, 0.2) is 0 Å². The van der Waals surface area contributed by atoms with E-state index in [4.69, 9.17) is 0 Å². The maximum atomic E-state index is 3.14. The molecule has 1 N–H and O–H groups in total. The SMILES string of the molecule is CCCc1ccc(CNC)cc1.Cl. The minimum absolute atomic E-state index is 0. The minimum atomic E-state index is 0. The number of hydrogen-bond donors (Lipinski definition) is 1. The molecule has 1 aromatic carbocycles. The Morgan fingerprint density at radius 3 is 2.08 bits per heavy atom. The van der Waals surface area contributed by atoms with Crippen LogP contribution in [0, 0.1) is 0 Å². The second-order valence-electron chi connectivity index (χ2n) is 3.10. The lowest BCUT2D eigenvalue weighted by molar-refractivity contribution is 0.816. The number of nitrogens with one attached hydrogen (secondary N) is 1. The molecular weight excluding hydrogens is 182 g/mol. The van der Waals surface area contributed by atoms with Crippen molar-refractivity contribution in [1.29, 1.82) is 0 Å². The van der Waals surface area contributed by atoms with Gasteiger partial charge in [0.2, 0.25) is 0 Å². The molecule has 0 heterocycles. The molecule has 0 spiro atoms. The van der Waals surface area contributed by atoms with Crippen molar-refractivity contribution in [2.75, 3.05) is 7.05 Å². The van der Waals surface area contributed by atoms with E-state index in [0.717, 1.165) is 6.54 Å². The summed E-state index contributed by atoms with van der Waals surface area (Å²) in [5, 5.41) is 3.14.